The minimum absolute atomic E-state index is 0.0115. The normalized spacial score (nSPS) is 21.8. The largest absolute Gasteiger partial charge is 0.459 e. The molecule has 0 N–H and O–H groups in total. The number of hydrogen-bond donors (Lipinski definition) is 0. The van der Waals surface area contributed by atoms with Gasteiger partial charge in [0.1, 0.15) is 6.10 Å². The van der Waals surface area contributed by atoms with Gasteiger partial charge in [0.15, 0.2) is 0 Å². The molecule has 0 unspecified atom stereocenters. The third-order valence-corrected chi connectivity index (χ3v) is 4.56. The average molecular weight is 303 g/mol. The predicted molar refractivity (Wildman–Crippen MR) is 90.0 cm³/mol. The molecule has 0 bridgehead atoms. The van der Waals surface area contributed by atoms with Gasteiger partial charge in [0.25, 0.3) is 0 Å². The van der Waals surface area contributed by atoms with Crippen LogP contribution in [0.3, 0.4) is 0 Å². The molecular weight excluding hydrogens is 274 g/mol. The van der Waals surface area contributed by atoms with Gasteiger partial charge in [0.2, 0.25) is 0 Å². The summed E-state index contributed by atoms with van der Waals surface area (Å²) < 4.78 is 5.81. The highest BCUT2D eigenvalue weighted by Gasteiger charge is 2.47. The van der Waals surface area contributed by atoms with Crippen LogP contribution in [-0.2, 0) is 4.74 Å². The van der Waals surface area contributed by atoms with E-state index in [0.29, 0.717) is 11.6 Å². The molecule has 0 saturated carbocycles. The number of ether oxygens (including phenoxy) is 1. The molecule has 0 atom stereocenters. The molecular formula is C19H29NO2. The Labute approximate surface area is 134 Å². The van der Waals surface area contributed by atoms with Gasteiger partial charge in [0.05, 0.1) is 5.56 Å². The third-order valence-electron chi connectivity index (χ3n) is 4.56. The summed E-state index contributed by atoms with van der Waals surface area (Å²) in [5.41, 5.74) is 0.652. The smallest absolute Gasteiger partial charge is 0.338 e. The number of piperidine rings is 1. The summed E-state index contributed by atoms with van der Waals surface area (Å²) in [6, 6.07) is 9.72. The van der Waals surface area contributed by atoms with Gasteiger partial charge in [-0.05, 0) is 53.7 Å². The van der Waals surface area contributed by atoms with Gasteiger partial charge in [-0.25, -0.2) is 4.79 Å². The minimum atomic E-state index is -0.213. The summed E-state index contributed by atoms with van der Waals surface area (Å²) in [7, 11) is 0. The molecule has 1 heterocycles. The van der Waals surface area contributed by atoms with Crippen LogP contribution in [0.2, 0.25) is 0 Å². The van der Waals surface area contributed by atoms with E-state index in [1.165, 1.54) is 0 Å². The van der Waals surface area contributed by atoms with E-state index in [1.54, 1.807) is 0 Å². The monoisotopic (exact) mass is 303 g/mol. The van der Waals surface area contributed by atoms with Gasteiger partial charge in [-0.1, -0.05) is 18.2 Å². The SMILES string of the molecule is CC(C)N1C(C)(C)CC(OC(=O)c2ccccc2)CC1(C)C. The standard InChI is InChI=1S/C19H29NO2/c1-14(2)20-18(3,4)12-16(13-19(20,5)6)22-17(21)15-10-8-7-9-11-15/h7-11,14,16H,12-13H2,1-6H3. The van der Waals surface area contributed by atoms with Gasteiger partial charge in [-0.2, -0.15) is 0 Å². The average Bonchev–Trinajstić information content (AvgIpc) is 2.35. The van der Waals surface area contributed by atoms with Crippen LogP contribution in [0.5, 0.6) is 0 Å². The third kappa shape index (κ3) is 3.52. The van der Waals surface area contributed by atoms with Crippen molar-refractivity contribution in [2.24, 2.45) is 0 Å². The quantitative estimate of drug-likeness (QED) is 0.781. The molecule has 1 aliphatic rings. The van der Waals surface area contributed by atoms with E-state index >= 15 is 0 Å². The number of esters is 1. The van der Waals surface area contributed by atoms with Gasteiger partial charge in [0, 0.05) is 30.0 Å². The van der Waals surface area contributed by atoms with Crippen LogP contribution >= 0.6 is 0 Å². The lowest BCUT2D eigenvalue weighted by Gasteiger charge is -2.56. The Morgan fingerprint density at radius 3 is 2.05 bits per heavy atom. The van der Waals surface area contributed by atoms with Gasteiger partial charge in [-0.3, -0.25) is 4.90 Å². The van der Waals surface area contributed by atoms with Crippen molar-refractivity contribution in [1.82, 2.24) is 4.90 Å². The Bertz CT molecular complexity index is 501. The number of carbonyl (C=O) groups is 1. The fourth-order valence-electron chi connectivity index (χ4n) is 4.48. The number of likely N-dealkylation sites (tertiary alicyclic amines) is 1. The highest BCUT2D eigenvalue weighted by atomic mass is 16.5. The first-order valence-electron chi connectivity index (χ1n) is 8.19. The molecule has 0 spiro atoms. The highest BCUT2D eigenvalue weighted by molar-refractivity contribution is 5.89. The van der Waals surface area contributed by atoms with Crippen molar-refractivity contribution in [2.75, 3.05) is 0 Å². The van der Waals surface area contributed by atoms with Crippen LogP contribution < -0.4 is 0 Å². The molecule has 0 radical (unpaired) electrons. The van der Waals surface area contributed by atoms with Crippen molar-refractivity contribution in [3.05, 3.63) is 35.9 Å². The Morgan fingerprint density at radius 1 is 1.09 bits per heavy atom. The molecule has 0 aromatic heterocycles. The van der Waals surface area contributed by atoms with Gasteiger partial charge < -0.3 is 4.74 Å². The Hall–Kier alpha value is -1.35. The van der Waals surface area contributed by atoms with E-state index in [0.717, 1.165) is 12.8 Å². The number of benzene rings is 1. The fourth-order valence-corrected chi connectivity index (χ4v) is 4.48. The summed E-state index contributed by atoms with van der Waals surface area (Å²) in [5.74, 6) is -0.213. The second kappa shape index (κ2) is 6.04. The molecule has 0 amide bonds. The van der Waals surface area contributed by atoms with Crippen LogP contribution in [0.4, 0.5) is 0 Å². The molecule has 1 aromatic carbocycles. The second-order valence-corrected chi connectivity index (χ2v) is 7.89. The molecule has 3 heteroatoms. The lowest BCUT2D eigenvalue weighted by molar-refractivity contribution is -0.102. The Kier molecular flexibility index (Phi) is 4.67. The molecule has 22 heavy (non-hydrogen) atoms. The highest BCUT2D eigenvalue weighted by Crippen LogP contribution is 2.41. The molecule has 1 saturated heterocycles. The second-order valence-electron chi connectivity index (χ2n) is 7.89. The van der Waals surface area contributed by atoms with E-state index < -0.39 is 0 Å². The predicted octanol–water partition coefficient (Wildman–Crippen LogP) is 4.27. The van der Waals surface area contributed by atoms with E-state index in [2.05, 4.69) is 46.4 Å². The van der Waals surface area contributed by atoms with E-state index in [-0.39, 0.29) is 23.2 Å². The van der Waals surface area contributed by atoms with Gasteiger partial charge >= 0.3 is 5.97 Å². The molecule has 1 aromatic rings. The van der Waals surface area contributed by atoms with Crippen LogP contribution in [-0.4, -0.2) is 34.1 Å². The van der Waals surface area contributed by atoms with Crippen LogP contribution in [0.15, 0.2) is 30.3 Å². The molecule has 3 nitrogen and oxygen atoms in total. The zero-order chi connectivity index (χ0) is 16.5. The minimum Gasteiger partial charge on any atom is -0.459 e. The first kappa shape index (κ1) is 17.0. The van der Waals surface area contributed by atoms with E-state index in [9.17, 15) is 4.79 Å². The van der Waals surface area contributed by atoms with Crippen molar-refractivity contribution >= 4 is 5.97 Å². The lowest BCUT2D eigenvalue weighted by Crippen LogP contribution is -2.64. The lowest BCUT2D eigenvalue weighted by atomic mass is 9.77. The van der Waals surface area contributed by atoms with Crippen molar-refractivity contribution in [3.8, 4) is 0 Å². The van der Waals surface area contributed by atoms with Crippen molar-refractivity contribution in [1.29, 1.82) is 0 Å². The van der Waals surface area contributed by atoms with E-state index in [4.69, 9.17) is 4.74 Å². The maximum absolute atomic E-state index is 12.3. The zero-order valence-corrected chi connectivity index (χ0v) is 14.7. The van der Waals surface area contributed by atoms with Crippen LogP contribution in [0.1, 0.15) is 64.7 Å². The van der Waals surface area contributed by atoms with Gasteiger partial charge in [-0.15, -0.1) is 0 Å². The number of carbonyl (C=O) groups excluding carboxylic acids is 1. The molecule has 1 aliphatic heterocycles. The maximum Gasteiger partial charge on any atom is 0.338 e. The number of hydrogen-bond acceptors (Lipinski definition) is 3. The number of nitrogens with zero attached hydrogens (tertiary/aromatic N) is 1. The van der Waals surface area contributed by atoms with Crippen molar-refractivity contribution in [2.45, 2.75) is 77.6 Å². The molecule has 0 aliphatic carbocycles. The maximum atomic E-state index is 12.3. The molecule has 1 fully saturated rings. The van der Waals surface area contributed by atoms with Crippen molar-refractivity contribution < 1.29 is 9.53 Å². The first-order chi connectivity index (χ1) is 10.1. The summed E-state index contributed by atoms with van der Waals surface area (Å²) in [4.78, 5) is 14.9. The number of rotatable bonds is 3. The summed E-state index contributed by atoms with van der Waals surface area (Å²) >= 11 is 0. The summed E-state index contributed by atoms with van der Waals surface area (Å²) in [5, 5.41) is 0. The zero-order valence-electron chi connectivity index (χ0n) is 14.7. The van der Waals surface area contributed by atoms with Crippen LogP contribution in [0.25, 0.3) is 0 Å². The van der Waals surface area contributed by atoms with Crippen LogP contribution in [0, 0.1) is 0 Å². The first-order valence-corrected chi connectivity index (χ1v) is 8.19. The Morgan fingerprint density at radius 2 is 1.59 bits per heavy atom. The van der Waals surface area contributed by atoms with Crippen molar-refractivity contribution in [3.63, 3.8) is 0 Å². The fraction of sp³-hybridized carbons (Fsp3) is 0.632. The molecule has 2 rings (SSSR count). The summed E-state index contributed by atoms with van der Waals surface area (Å²) in [6.45, 7) is 13.5. The molecule has 122 valence electrons. The topological polar surface area (TPSA) is 29.5 Å². The summed E-state index contributed by atoms with van der Waals surface area (Å²) in [6.07, 6.45) is 1.70. The van der Waals surface area contributed by atoms with E-state index in [1.807, 2.05) is 30.3 Å². The Balaban J connectivity index is 2.13.